The summed E-state index contributed by atoms with van der Waals surface area (Å²) in [5, 5.41) is 13.6. The molecule has 0 bridgehead atoms. The Labute approximate surface area is 99.3 Å². The first kappa shape index (κ1) is 12.3. The van der Waals surface area contributed by atoms with Gasteiger partial charge in [0.25, 0.3) is 18.1 Å². The molecule has 0 saturated heterocycles. The van der Waals surface area contributed by atoms with Gasteiger partial charge in [-0.1, -0.05) is 16.3 Å². The van der Waals surface area contributed by atoms with E-state index in [1.807, 2.05) is 0 Å². The summed E-state index contributed by atoms with van der Waals surface area (Å²) in [5.74, 6) is -0.242. The Morgan fingerprint density at radius 3 is 2.88 bits per heavy atom. The van der Waals surface area contributed by atoms with Gasteiger partial charge in [0.2, 0.25) is 5.91 Å². The van der Waals surface area contributed by atoms with E-state index in [0.29, 0.717) is 16.2 Å². The Morgan fingerprint density at radius 2 is 2.38 bits per heavy atom. The Hall–Kier alpha value is -1.75. The van der Waals surface area contributed by atoms with Gasteiger partial charge in [0.15, 0.2) is 0 Å². The summed E-state index contributed by atoms with van der Waals surface area (Å²) >= 11 is 4.50. The number of anilines is 1. The molecule has 0 aliphatic heterocycles. The fraction of sp³-hybridized carbons (Fsp3) is 0.182. The number of nitrogens with one attached hydrogen (secondary N) is 1. The average Bonchev–Trinajstić information content (AvgIpc) is 2.16. The van der Waals surface area contributed by atoms with Gasteiger partial charge in [-0.05, 0) is 18.1 Å². The van der Waals surface area contributed by atoms with Crippen molar-refractivity contribution >= 4 is 29.7 Å². The van der Waals surface area contributed by atoms with Crippen LogP contribution in [-0.2, 0) is 23.6 Å². The summed E-state index contributed by atoms with van der Waals surface area (Å²) in [5.41, 5.74) is 1.65. The third-order valence-electron chi connectivity index (χ3n) is 1.95. The zero-order valence-corrected chi connectivity index (χ0v) is 9.71. The van der Waals surface area contributed by atoms with E-state index in [-0.39, 0.29) is 11.6 Å². The average molecular weight is 236 g/mol. The van der Waals surface area contributed by atoms with E-state index in [9.17, 15) is 10.0 Å². The molecule has 0 aliphatic carbocycles. The first-order valence-electron chi connectivity index (χ1n) is 4.70. The lowest BCUT2D eigenvalue weighted by atomic mass is 10.1. The second kappa shape index (κ2) is 5.37. The first-order chi connectivity index (χ1) is 7.54. The van der Waals surface area contributed by atoms with Crippen molar-refractivity contribution in [1.82, 2.24) is 0 Å². The lowest BCUT2D eigenvalue weighted by Gasteiger charge is -2.07. The molecule has 0 aliphatic rings. The third-order valence-corrected chi connectivity index (χ3v) is 2.15. The predicted octanol–water partition coefficient (Wildman–Crippen LogP) is 2.25. The molecule has 0 fully saturated rings. The van der Waals surface area contributed by atoms with Crippen LogP contribution in [0.25, 0.3) is 0 Å². The molecule has 1 N–H and O–H groups in total. The standard InChI is InChI=1S/C11H12N2O2S/c1-3-4-9-5-6-11(13(15)16)10(7-9)12-8(2)14/h3,5-7H,1,4H2,2H3,(H,12,14). The minimum atomic E-state index is -0.242. The molecule has 1 aromatic rings. The summed E-state index contributed by atoms with van der Waals surface area (Å²) in [6, 6.07) is 5.08. The molecule has 4 nitrogen and oxygen atoms in total. The van der Waals surface area contributed by atoms with Crippen LogP contribution in [-0.4, -0.2) is 10.0 Å². The van der Waals surface area contributed by atoms with Crippen molar-refractivity contribution in [3.8, 4) is 0 Å². The highest BCUT2D eigenvalue weighted by Gasteiger charge is 2.11. The molecule has 0 radical (unpaired) electrons. The van der Waals surface area contributed by atoms with E-state index in [0.717, 1.165) is 5.56 Å². The number of rotatable bonds is 4. The van der Waals surface area contributed by atoms with Gasteiger partial charge in [0.1, 0.15) is 5.69 Å². The normalized spacial score (nSPS) is 9.56. The van der Waals surface area contributed by atoms with Crippen LogP contribution >= 0.6 is 0 Å². The molecule has 1 amide bonds. The number of hydrogen-bond donors (Lipinski definition) is 1. The van der Waals surface area contributed by atoms with Crippen molar-refractivity contribution in [3.63, 3.8) is 0 Å². The van der Waals surface area contributed by atoms with Crippen LogP contribution in [0.5, 0.6) is 0 Å². The van der Waals surface area contributed by atoms with Crippen LogP contribution in [0, 0.1) is 5.21 Å². The van der Waals surface area contributed by atoms with Gasteiger partial charge in [-0.3, -0.25) is 4.79 Å². The smallest absolute Gasteiger partial charge is 0.284 e. The van der Waals surface area contributed by atoms with Crippen molar-refractivity contribution in [2.75, 3.05) is 5.32 Å². The number of hydrogen-bond acceptors (Lipinski definition) is 3. The summed E-state index contributed by atoms with van der Waals surface area (Å²) in [7, 11) is 0. The molecular weight excluding hydrogens is 224 g/mol. The highest BCUT2D eigenvalue weighted by molar-refractivity contribution is 7.44. The maximum atomic E-state index is 11.1. The van der Waals surface area contributed by atoms with E-state index in [1.165, 1.54) is 6.92 Å². The van der Waals surface area contributed by atoms with Gasteiger partial charge < -0.3 is 10.5 Å². The van der Waals surface area contributed by atoms with Crippen molar-refractivity contribution in [2.45, 2.75) is 13.3 Å². The van der Waals surface area contributed by atoms with Crippen molar-refractivity contribution in [2.24, 2.45) is 0 Å². The molecule has 0 atom stereocenters. The number of carbonyl (C=O) groups excluding carboxylic acids is 1. The SMILES string of the molecule is C=CCc1ccc([N+]([O-])=S)c(NC(C)=O)c1. The van der Waals surface area contributed by atoms with Crippen molar-refractivity contribution in [3.05, 3.63) is 41.6 Å². The van der Waals surface area contributed by atoms with Gasteiger partial charge in [0.05, 0.1) is 0 Å². The van der Waals surface area contributed by atoms with E-state index in [2.05, 4.69) is 24.3 Å². The summed E-state index contributed by atoms with van der Waals surface area (Å²) < 4.78 is 0.308. The van der Waals surface area contributed by atoms with Crippen LogP contribution in [0.2, 0.25) is 0 Å². The highest BCUT2D eigenvalue weighted by atomic mass is 32.1. The molecule has 0 aromatic heterocycles. The minimum Gasteiger partial charge on any atom is -0.605 e. The second-order valence-electron chi connectivity index (χ2n) is 3.28. The second-order valence-corrected chi connectivity index (χ2v) is 3.61. The van der Waals surface area contributed by atoms with Gasteiger partial charge in [0, 0.05) is 13.0 Å². The summed E-state index contributed by atoms with van der Waals surface area (Å²) in [4.78, 5) is 11.0. The quantitative estimate of drug-likeness (QED) is 0.495. The molecule has 5 heteroatoms. The molecule has 1 aromatic carbocycles. The lowest BCUT2D eigenvalue weighted by molar-refractivity contribution is -0.324. The fourth-order valence-electron chi connectivity index (χ4n) is 1.33. The zero-order chi connectivity index (χ0) is 12.1. The van der Waals surface area contributed by atoms with Crippen LogP contribution in [0.3, 0.4) is 0 Å². The summed E-state index contributed by atoms with van der Waals surface area (Å²) in [6.45, 7) is 5.00. The highest BCUT2D eigenvalue weighted by Crippen LogP contribution is 2.25. The Morgan fingerprint density at radius 1 is 1.69 bits per heavy atom. The van der Waals surface area contributed by atoms with Crippen LogP contribution in [0.4, 0.5) is 11.4 Å². The van der Waals surface area contributed by atoms with E-state index >= 15 is 0 Å². The lowest BCUT2D eigenvalue weighted by Crippen LogP contribution is -2.08. The number of carbonyl (C=O) groups is 1. The number of nitrogens with zero attached hydrogens (tertiary/aromatic N) is 1. The van der Waals surface area contributed by atoms with Crippen molar-refractivity contribution in [1.29, 1.82) is 0 Å². The molecule has 1 rings (SSSR count). The van der Waals surface area contributed by atoms with Gasteiger partial charge >= 0.3 is 0 Å². The van der Waals surface area contributed by atoms with Gasteiger partial charge in [-0.2, -0.15) is 0 Å². The molecule has 0 spiro atoms. The number of benzene rings is 1. The third kappa shape index (κ3) is 3.13. The minimum absolute atomic E-state index is 0.242. The Kier molecular flexibility index (Phi) is 4.13. The van der Waals surface area contributed by atoms with Gasteiger partial charge in [-0.25, -0.2) is 0 Å². The predicted molar refractivity (Wildman–Crippen MR) is 65.3 cm³/mol. The topological polar surface area (TPSA) is 55.2 Å². The molecule has 16 heavy (non-hydrogen) atoms. The van der Waals surface area contributed by atoms with Crippen LogP contribution in [0.1, 0.15) is 12.5 Å². The molecule has 84 valence electrons. The monoisotopic (exact) mass is 236 g/mol. The molecule has 0 saturated carbocycles. The van der Waals surface area contributed by atoms with Crippen LogP contribution in [0.15, 0.2) is 30.9 Å². The van der Waals surface area contributed by atoms with Crippen molar-refractivity contribution < 1.29 is 8.90 Å². The van der Waals surface area contributed by atoms with Crippen LogP contribution < -0.4 is 5.32 Å². The molecule has 0 unspecified atom stereocenters. The number of allylic oxidation sites excluding steroid dienone is 1. The zero-order valence-electron chi connectivity index (χ0n) is 8.90. The Balaban J connectivity index is 3.14. The first-order valence-corrected chi connectivity index (χ1v) is 5.07. The molecule has 0 heterocycles. The Bertz CT molecular complexity index is 444. The number of amides is 1. The maximum Gasteiger partial charge on any atom is 0.284 e. The fourth-order valence-corrected chi connectivity index (χ4v) is 1.49. The summed E-state index contributed by atoms with van der Waals surface area (Å²) in [6.07, 6.45) is 2.42. The largest absolute Gasteiger partial charge is 0.605 e. The maximum absolute atomic E-state index is 11.1. The van der Waals surface area contributed by atoms with Gasteiger partial charge in [-0.15, -0.1) is 6.58 Å². The molecular formula is C11H12N2O2S. The van der Waals surface area contributed by atoms with E-state index < -0.39 is 0 Å². The van der Waals surface area contributed by atoms with E-state index in [1.54, 1.807) is 24.3 Å². The van der Waals surface area contributed by atoms with E-state index in [4.69, 9.17) is 0 Å².